The van der Waals surface area contributed by atoms with E-state index in [1.165, 1.54) is 25.6 Å². The standard InChI is InChI=1S/C14H18N4O4S/c1-5-6-8-15-10-9(11(16-8)23-7(2)13(20)21)12(19)18(4)14(22)17(10)3/h7H,5-6H2,1-4H3,(H,20,21)/t7-/m0/s1. The van der Waals surface area contributed by atoms with E-state index in [-0.39, 0.29) is 11.0 Å². The minimum atomic E-state index is -1.000. The van der Waals surface area contributed by atoms with Crippen molar-refractivity contribution in [1.82, 2.24) is 19.1 Å². The van der Waals surface area contributed by atoms with E-state index in [0.717, 1.165) is 22.7 Å². The molecule has 2 heterocycles. The lowest BCUT2D eigenvalue weighted by Gasteiger charge is -2.12. The molecular formula is C14H18N4O4S. The fourth-order valence-electron chi connectivity index (χ4n) is 2.11. The molecule has 0 aliphatic carbocycles. The zero-order valence-corrected chi connectivity index (χ0v) is 14.2. The number of nitrogens with zero attached hydrogens (tertiary/aromatic N) is 4. The normalized spacial score (nSPS) is 12.5. The van der Waals surface area contributed by atoms with Crippen LogP contribution in [-0.4, -0.2) is 35.4 Å². The van der Waals surface area contributed by atoms with Crippen molar-refractivity contribution >= 4 is 28.8 Å². The van der Waals surface area contributed by atoms with Crippen molar-refractivity contribution in [3.05, 3.63) is 26.7 Å². The van der Waals surface area contributed by atoms with Crippen LogP contribution in [0, 0.1) is 0 Å². The van der Waals surface area contributed by atoms with Gasteiger partial charge in [-0.05, 0) is 13.3 Å². The molecule has 2 aromatic rings. The maximum absolute atomic E-state index is 12.5. The van der Waals surface area contributed by atoms with Gasteiger partial charge in [0.2, 0.25) is 0 Å². The van der Waals surface area contributed by atoms with Crippen LogP contribution in [-0.2, 0) is 25.3 Å². The summed E-state index contributed by atoms with van der Waals surface area (Å²) in [5, 5.41) is 8.80. The van der Waals surface area contributed by atoms with Crippen molar-refractivity contribution < 1.29 is 9.90 Å². The lowest BCUT2D eigenvalue weighted by Crippen LogP contribution is -2.38. The van der Waals surface area contributed by atoms with Crippen molar-refractivity contribution in [3.8, 4) is 0 Å². The first-order valence-corrected chi connectivity index (χ1v) is 8.02. The monoisotopic (exact) mass is 338 g/mol. The van der Waals surface area contributed by atoms with Crippen LogP contribution in [0.4, 0.5) is 0 Å². The Hall–Kier alpha value is -2.16. The molecule has 0 radical (unpaired) electrons. The van der Waals surface area contributed by atoms with Gasteiger partial charge in [-0.25, -0.2) is 14.8 Å². The number of carboxylic acids is 1. The topological polar surface area (TPSA) is 107 Å². The summed E-state index contributed by atoms with van der Waals surface area (Å²) in [4.78, 5) is 44.3. The van der Waals surface area contributed by atoms with Crippen LogP contribution in [0.3, 0.4) is 0 Å². The van der Waals surface area contributed by atoms with Gasteiger partial charge in [-0.3, -0.25) is 18.7 Å². The molecule has 1 atom stereocenters. The lowest BCUT2D eigenvalue weighted by atomic mass is 10.3. The van der Waals surface area contributed by atoms with Crippen LogP contribution < -0.4 is 11.2 Å². The molecule has 0 bridgehead atoms. The summed E-state index contributed by atoms with van der Waals surface area (Å²) < 4.78 is 2.26. The third-order valence-corrected chi connectivity index (χ3v) is 4.50. The highest BCUT2D eigenvalue weighted by Crippen LogP contribution is 2.26. The summed E-state index contributed by atoms with van der Waals surface area (Å²) in [7, 11) is 2.90. The van der Waals surface area contributed by atoms with Gasteiger partial charge in [-0.15, -0.1) is 0 Å². The molecular weight excluding hydrogens is 320 g/mol. The van der Waals surface area contributed by atoms with Gasteiger partial charge in [-0.1, -0.05) is 18.7 Å². The van der Waals surface area contributed by atoms with Gasteiger partial charge in [0.1, 0.15) is 21.5 Å². The third-order valence-electron chi connectivity index (χ3n) is 3.42. The predicted octanol–water partition coefficient (Wildman–Crippen LogP) is 0.545. The van der Waals surface area contributed by atoms with Gasteiger partial charge in [-0.2, -0.15) is 0 Å². The molecule has 2 aromatic heterocycles. The van der Waals surface area contributed by atoms with E-state index >= 15 is 0 Å². The summed E-state index contributed by atoms with van der Waals surface area (Å²) in [5.74, 6) is -0.510. The average Bonchev–Trinajstić information content (AvgIpc) is 2.50. The summed E-state index contributed by atoms with van der Waals surface area (Å²) in [5.41, 5.74) is -0.770. The Morgan fingerprint density at radius 1 is 1.26 bits per heavy atom. The zero-order chi connectivity index (χ0) is 17.3. The highest BCUT2D eigenvalue weighted by molar-refractivity contribution is 8.00. The molecule has 0 saturated heterocycles. The summed E-state index contributed by atoms with van der Waals surface area (Å²) in [6.45, 7) is 3.48. The smallest absolute Gasteiger partial charge is 0.332 e. The average molecular weight is 338 g/mol. The number of hydrogen-bond acceptors (Lipinski definition) is 6. The van der Waals surface area contributed by atoms with Crippen LogP contribution in [0.5, 0.6) is 0 Å². The lowest BCUT2D eigenvalue weighted by molar-refractivity contribution is -0.136. The van der Waals surface area contributed by atoms with Crippen LogP contribution in [0.2, 0.25) is 0 Å². The SMILES string of the molecule is CCCc1nc(S[C@@H](C)C(=O)O)c2c(=O)n(C)c(=O)n(C)c2n1. The Labute approximate surface area is 136 Å². The third kappa shape index (κ3) is 3.14. The van der Waals surface area contributed by atoms with E-state index in [1.807, 2.05) is 6.92 Å². The quantitative estimate of drug-likeness (QED) is 0.626. The first kappa shape index (κ1) is 17.2. The van der Waals surface area contributed by atoms with Crippen molar-refractivity contribution in [2.24, 2.45) is 14.1 Å². The van der Waals surface area contributed by atoms with Crippen molar-refractivity contribution in [2.45, 2.75) is 37.0 Å². The molecule has 9 heteroatoms. The first-order valence-electron chi connectivity index (χ1n) is 7.14. The number of carboxylic acid groups (broad SMARTS) is 1. The molecule has 1 N–H and O–H groups in total. The number of aryl methyl sites for hydroxylation is 2. The molecule has 0 unspecified atom stereocenters. The van der Waals surface area contributed by atoms with Gasteiger partial charge >= 0.3 is 11.7 Å². The van der Waals surface area contributed by atoms with Crippen molar-refractivity contribution in [3.63, 3.8) is 0 Å². The molecule has 124 valence electrons. The Balaban J connectivity index is 2.84. The Morgan fingerprint density at radius 3 is 2.48 bits per heavy atom. The van der Waals surface area contributed by atoms with Crippen LogP contribution in [0.1, 0.15) is 26.1 Å². The van der Waals surface area contributed by atoms with Crippen LogP contribution >= 0.6 is 11.8 Å². The predicted molar refractivity (Wildman–Crippen MR) is 87.0 cm³/mol. The van der Waals surface area contributed by atoms with Gasteiger partial charge in [0.05, 0.1) is 0 Å². The number of rotatable bonds is 5. The Morgan fingerprint density at radius 2 is 1.91 bits per heavy atom. The minimum absolute atomic E-state index is 0.174. The number of aliphatic carboxylic acids is 1. The van der Waals surface area contributed by atoms with E-state index in [9.17, 15) is 14.4 Å². The van der Waals surface area contributed by atoms with Crippen molar-refractivity contribution in [2.75, 3.05) is 0 Å². The maximum Gasteiger partial charge on any atom is 0.332 e. The molecule has 0 aliphatic heterocycles. The number of fused-ring (bicyclic) bond motifs is 1. The molecule has 8 nitrogen and oxygen atoms in total. The molecule has 0 aromatic carbocycles. The van der Waals surface area contributed by atoms with Gasteiger partial charge in [0, 0.05) is 20.5 Å². The molecule has 0 fully saturated rings. The molecule has 2 rings (SSSR count). The van der Waals surface area contributed by atoms with E-state index < -0.39 is 22.5 Å². The van der Waals surface area contributed by atoms with E-state index in [4.69, 9.17) is 5.11 Å². The number of thioether (sulfide) groups is 1. The molecule has 0 aliphatic rings. The van der Waals surface area contributed by atoms with Gasteiger partial charge in [0.15, 0.2) is 5.65 Å². The Kier molecular flexibility index (Phi) is 4.88. The van der Waals surface area contributed by atoms with Gasteiger partial charge in [0.25, 0.3) is 5.56 Å². The highest BCUT2D eigenvalue weighted by Gasteiger charge is 2.21. The largest absolute Gasteiger partial charge is 0.480 e. The first-order chi connectivity index (χ1) is 10.8. The number of carbonyl (C=O) groups is 1. The summed E-state index contributed by atoms with van der Waals surface area (Å²) >= 11 is 0.979. The fraction of sp³-hybridized carbons (Fsp3) is 0.500. The second-order valence-corrected chi connectivity index (χ2v) is 6.53. The van der Waals surface area contributed by atoms with Gasteiger partial charge < -0.3 is 5.11 Å². The van der Waals surface area contributed by atoms with E-state index in [1.54, 1.807) is 0 Å². The van der Waals surface area contributed by atoms with Crippen LogP contribution in [0.15, 0.2) is 14.6 Å². The summed E-state index contributed by atoms with van der Waals surface area (Å²) in [6.07, 6.45) is 1.37. The fourth-order valence-corrected chi connectivity index (χ4v) is 3.00. The van der Waals surface area contributed by atoms with Crippen LogP contribution in [0.25, 0.3) is 11.0 Å². The minimum Gasteiger partial charge on any atom is -0.480 e. The molecule has 0 spiro atoms. The molecule has 0 amide bonds. The second kappa shape index (κ2) is 6.53. The number of hydrogen-bond donors (Lipinski definition) is 1. The van der Waals surface area contributed by atoms with Crippen molar-refractivity contribution in [1.29, 1.82) is 0 Å². The number of aromatic nitrogens is 4. The van der Waals surface area contributed by atoms with E-state index in [0.29, 0.717) is 17.3 Å². The Bertz CT molecular complexity index is 887. The maximum atomic E-state index is 12.5. The molecule has 23 heavy (non-hydrogen) atoms. The second-order valence-electron chi connectivity index (χ2n) is 5.20. The highest BCUT2D eigenvalue weighted by atomic mass is 32.2. The van der Waals surface area contributed by atoms with E-state index in [2.05, 4.69) is 9.97 Å². The zero-order valence-electron chi connectivity index (χ0n) is 13.4. The summed E-state index contributed by atoms with van der Waals surface area (Å²) in [6, 6.07) is 0. The molecule has 0 saturated carbocycles.